The van der Waals surface area contributed by atoms with Crippen LogP contribution in [0.1, 0.15) is 31.9 Å². The molecule has 0 fully saturated rings. The molecule has 0 aliphatic carbocycles. The summed E-state index contributed by atoms with van der Waals surface area (Å²) in [5, 5.41) is 12.1. The molecular formula is C13H18N2O2. The van der Waals surface area contributed by atoms with Crippen LogP contribution in [0, 0.1) is 0 Å². The van der Waals surface area contributed by atoms with Gasteiger partial charge in [-0.3, -0.25) is 4.98 Å². The fourth-order valence-corrected chi connectivity index (χ4v) is 1.51. The lowest BCUT2D eigenvalue weighted by Gasteiger charge is -2.12. The van der Waals surface area contributed by atoms with Crippen LogP contribution in [-0.4, -0.2) is 22.6 Å². The lowest BCUT2D eigenvalue weighted by molar-refractivity contribution is -0.132. The summed E-state index contributed by atoms with van der Waals surface area (Å²) in [4.78, 5) is 14.7. The summed E-state index contributed by atoms with van der Waals surface area (Å²) in [5.74, 6) is -0.842. The van der Waals surface area contributed by atoms with Crippen LogP contribution in [-0.2, 0) is 4.79 Å². The van der Waals surface area contributed by atoms with Crippen molar-refractivity contribution < 1.29 is 9.90 Å². The van der Waals surface area contributed by atoms with Gasteiger partial charge in [0.05, 0.1) is 0 Å². The molecule has 0 saturated heterocycles. The van der Waals surface area contributed by atoms with E-state index in [0.29, 0.717) is 18.5 Å². The molecule has 0 radical (unpaired) electrons. The molecule has 0 aliphatic rings. The highest BCUT2D eigenvalue weighted by atomic mass is 16.4. The second kappa shape index (κ2) is 6.81. The number of nitrogens with zero attached hydrogens (tertiary/aromatic N) is 1. The zero-order valence-electron chi connectivity index (χ0n) is 10.2. The highest BCUT2D eigenvalue weighted by molar-refractivity contribution is 5.86. The van der Waals surface area contributed by atoms with Crippen molar-refractivity contribution in [3.05, 3.63) is 41.7 Å². The normalized spacial score (nSPS) is 13.4. The van der Waals surface area contributed by atoms with E-state index in [4.69, 9.17) is 5.11 Å². The average Bonchev–Trinajstić information content (AvgIpc) is 2.35. The number of carbonyl (C=O) groups is 1. The molecule has 17 heavy (non-hydrogen) atoms. The lowest BCUT2D eigenvalue weighted by atomic mass is 10.1. The summed E-state index contributed by atoms with van der Waals surface area (Å²) in [6.45, 7) is 4.43. The van der Waals surface area contributed by atoms with Crippen LogP contribution in [0.15, 0.2) is 36.2 Å². The van der Waals surface area contributed by atoms with Gasteiger partial charge in [0.1, 0.15) is 0 Å². The second-order valence-corrected chi connectivity index (χ2v) is 3.80. The second-order valence-electron chi connectivity index (χ2n) is 3.80. The summed E-state index contributed by atoms with van der Waals surface area (Å²) in [6.07, 6.45) is 5.76. The zero-order valence-corrected chi connectivity index (χ0v) is 10.2. The first-order valence-corrected chi connectivity index (χ1v) is 5.70. The molecule has 0 spiro atoms. The number of nitrogens with one attached hydrogen (secondary N) is 1. The van der Waals surface area contributed by atoms with Crippen molar-refractivity contribution in [2.24, 2.45) is 0 Å². The molecule has 0 bridgehead atoms. The third-order valence-electron chi connectivity index (χ3n) is 2.63. The smallest absolute Gasteiger partial charge is 0.331 e. The molecule has 1 heterocycles. The number of pyridine rings is 1. The van der Waals surface area contributed by atoms with Crippen molar-refractivity contribution in [2.45, 2.75) is 26.3 Å². The Hall–Kier alpha value is -1.68. The van der Waals surface area contributed by atoms with Crippen LogP contribution in [0.25, 0.3) is 0 Å². The van der Waals surface area contributed by atoms with Crippen LogP contribution >= 0.6 is 0 Å². The molecule has 1 rings (SSSR count). The Morgan fingerprint density at radius 2 is 2.18 bits per heavy atom. The van der Waals surface area contributed by atoms with Gasteiger partial charge in [-0.15, -0.1) is 0 Å². The molecule has 0 saturated carbocycles. The van der Waals surface area contributed by atoms with Gasteiger partial charge in [-0.25, -0.2) is 4.79 Å². The summed E-state index contributed by atoms with van der Waals surface area (Å²) >= 11 is 0. The number of carboxylic acid groups (broad SMARTS) is 1. The quantitative estimate of drug-likeness (QED) is 0.740. The maximum Gasteiger partial charge on any atom is 0.331 e. The van der Waals surface area contributed by atoms with Gasteiger partial charge < -0.3 is 10.4 Å². The highest BCUT2D eigenvalue weighted by Crippen LogP contribution is 2.09. The Bertz CT molecular complexity index is 388. The molecular weight excluding hydrogens is 216 g/mol. The van der Waals surface area contributed by atoms with Crippen LogP contribution in [0.3, 0.4) is 0 Å². The highest BCUT2D eigenvalue weighted by Gasteiger charge is 2.05. The molecule has 2 N–H and O–H groups in total. The molecule has 92 valence electrons. The van der Waals surface area contributed by atoms with E-state index in [-0.39, 0.29) is 6.04 Å². The van der Waals surface area contributed by atoms with Crippen molar-refractivity contribution in [3.63, 3.8) is 0 Å². The first-order valence-electron chi connectivity index (χ1n) is 5.70. The van der Waals surface area contributed by atoms with Crippen LogP contribution in [0.2, 0.25) is 0 Å². The van der Waals surface area contributed by atoms with Gasteiger partial charge in [-0.2, -0.15) is 0 Å². The van der Waals surface area contributed by atoms with Gasteiger partial charge >= 0.3 is 5.97 Å². The predicted molar refractivity (Wildman–Crippen MR) is 66.7 cm³/mol. The van der Waals surface area contributed by atoms with Crippen molar-refractivity contribution in [2.75, 3.05) is 6.54 Å². The molecule has 0 unspecified atom stereocenters. The fourth-order valence-electron chi connectivity index (χ4n) is 1.51. The number of hydrogen-bond donors (Lipinski definition) is 2. The topological polar surface area (TPSA) is 62.2 Å². The fraction of sp³-hybridized carbons (Fsp3) is 0.385. The van der Waals surface area contributed by atoms with Gasteiger partial charge in [-0.1, -0.05) is 13.0 Å². The first-order chi connectivity index (χ1) is 8.15. The van der Waals surface area contributed by atoms with Gasteiger partial charge in [0.25, 0.3) is 0 Å². The summed E-state index contributed by atoms with van der Waals surface area (Å²) in [6, 6.07) is 4.07. The maximum absolute atomic E-state index is 10.8. The minimum Gasteiger partial charge on any atom is -0.478 e. The zero-order chi connectivity index (χ0) is 12.7. The third-order valence-corrected chi connectivity index (χ3v) is 2.63. The minimum absolute atomic E-state index is 0.182. The molecule has 4 heteroatoms. The molecule has 0 aromatic carbocycles. The van der Waals surface area contributed by atoms with E-state index < -0.39 is 5.97 Å². The Kier molecular flexibility index (Phi) is 5.36. The van der Waals surface area contributed by atoms with Crippen LogP contribution < -0.4 is 5.32 Å². The van der Waals surface area contributed by atoms with E-state index in [0.717, 1.165) is 5.56 Å². The van der Waals surface area contributed by atoms with Crippen LogP contribution in [0.5, 0.6) is 0 Å². The van der Waals surface area contributed by atoms with E-state index in [1.54, 1.807) is 18.5 Å². The summed E-state index contributed by atoms with van der Waals surface area (Å²) in [7, 11) is 0. The molecule has 4 nitrogen and oxygen atoms in total. The number of aliphatic carboxylic acids is 1. The van der Waals surface area contributed by atoms with E-state index >= 15 is 0 Å². The number of rotatable bonds is 6. The Morgan fingerprint density at radius 3 is 2.71 bits per heavy atom. The lowest BCUT2D eigenvalue weighted by Crippen LogP contribution is -2.19. The van der Waals surface area contributed by atoms with Gasteiger partial charge in [-0.05, 0) is 31.0 Å². The predicted octanol–water partition coefficient (Wildman–Crippen LogP) is 2.15. The van der Waals surface area contributed by atoms with E-state index in [9.17, 15) is 4.79 Å². The number of carboxylic acids is 1. The molecule has 1 atom stereocenters. The summed E-state index contributed by atoms with van der Waals surface area (Å²) < 4.78 is 0. The molecule has 0 amide bonds. The first kappa shape index (κ1) is 13.4. The van der Waals surface area contributed by atoms with E-state index in [2.05, 4.69) is 10.3 Å². The van der Waals surface area contributed by atoms with Crippen molar-refractivity contribution in [1.82, 2.24) is 10.3 Å². The maximum atomic E-state index is 10.8. The van der Waals surface area contributed by atoms with Gasteiger partial charge in [0.2, 0.25) is 0 Å². The number of aromatic nitrogens is 1. The Balaban J connectivity index is 2.49. The Labute approximate surface area is 101 Å². The minimum atomic E-state index is -0.842. The van der Waals surface area contributed by atoms with Gasteiger partial charge in [0, 0.05) is 30.6 Å². The largest absolute Gasteiger partial charge is 0.478 e. The molecule has 0 aliphatic heterocycles. The summed E-state index contributed by atoms with van der Waals surface area (Å²) in [5.41, 5.74) is 1.58. The standard InChI is InChI=1S/C13H18N2O2/c1-3-11(13(16)17)6-9-15-10(2)12-4-7-14-8-5-12/h4-8,10,15H,3,9H2,1-2H3,(H,16,17)/b11-6-/t10-/m1/s1. The van der Waals surface area contributed by atoms with E-state index in [1.807, 2.05) is 26.0 Å². The van der Waals surface area contributed by atoms with E-state index in [1.165, 1.54) is 0 Å². The molecule has 1 aromatic heterocycles. The number of hydrogen-bond acceptors (Lipinski definition) is 3. The van der Waals surface area contributed by atoms with Crippen molar-refractivity contribution in [3.8, 4) is 0 Å². The van der Waals surface area contributed by atoms with Crippen molar-refractivity contribution in [1.29, 1.82) is 0 Å². The van der Waals surface area contributed by atoms with Crippen LogP contribution in [0.4, 0.5) is 0 Å². The SMILES string of the molecule is CC/C(=C/CN[C@H](C)c1ccncc1)C(=O)O. The monoisotopic (exact) mass is 234 g/mol. The Morgan fingerprint density at radius 1 is 1.53 bits per heavy atom. The van der Waals surface area contributed by atoms with Crippen molar-refractivity contribution >= 4 is 5.97 Å². The van der Waals surface area contributed by atoms with Gasteiger partial charge in [0.15, 0.2) is 0 Å². The third kappa shape index (κ3) is 4.36. The molecule has 1 aromatic rings. The average molecular weight is 234 g/mol.